The van der Waals surface area contributed by atoms with Gasteiger partial charge in [0.2, 0.25) is 0 Å². The van der Waals surface area contributed by atoms with Gasteiger partial charge >= 0.3 is 5.97 Å². The number of allylic oxidation sites excluding steroid dienone is 1. The highest BCUT2D eigenvalue weighted by molar-refractivity contribution is 5.68. The number of carbonyl (C=O) groups is 1. The van der Waals surface area contributed by atoms with E-state index in [0.717, 1.165) is 19.3 Å². The second-order valence-corrected chi connectivity index (χ2v) is 9.38. The van der Waals surface area contributed by atoms with Crippen LogP contribution in [0.25, 0.3) is 0 Å². The van der Waals surface area contributed by atoms with E-state index in [2.05, 4.69) is 33.8 Å². The Morgan fingerprint density at radius 2 is 1.91 bits per heavy atom. The summed E-state index contributed by atoms with van der Waals surface area (Å²) in [4.78, 5) is 11.3. The van der Waals surface area contributed by atoms with Gasteiger partial charge in [0.05, 0.1) is 17.6 Å². The lowest BCUT2D eigenvalue weighted by Gasteiger charge is -2.61. The smallest absolute Gasteiger partial charge is 0.306 e. The van der Waals surface area contributed by atoms with Crippen molar-refractivity contribution in [2.24, 2.45) is 16.7 Å². The molecule has 1 N–H and O–H groups in total. The minimum absolute atomic E-state index is 0.103. The molecule has 4 atom stereocenters. The molecule has 0 aromatic heterocycles. The Labute approximate surface area is 140 Å². The van der Waals surface area contributed by atoms with Crippen LogP contribution in [0.1, 0.15) is 79.6 Å². The minimum atomic E-state index is -0.757. The second kappa shape index (κ2) is 5.08. The van der Waals surface area contributed by atoms with E-state index in [9.17, 15) is 9.90 Å². The van der Waals surface area contributed by atoms with Crippen molar-refractivity contribution in [1.29, 1.82) is 0 Å². The molecule has 3 aliphatic rings. The average Bonchev–Trinajstić information content (AvgIpc) is 2.74. The fraction of sp³-hybridized carbons (Fsp3) is 0.850. The lowest BCUT2D eigenvalue weighted by molar-refractivity contribution is -0.193. The summed E-state index contributed by atoms with van der Waals surface area (Å²) in [7, 11) is 0. The number of rotatable bonds is 2. The van der Waals surface area contributed by atoms with Crippen LogP contribution in [0.5, 0.6) is 0 Å². The Morgan fingerprint density at radius 1 is 1.22 bits per heavy atom. The van der Waals surface area contributed by atoms with E-state index in [1.807, 2.05) is 6.92 Å². The molecule has 1 heterocycles. The third-order valence-corrected chi connectivity index (χ3v) is 7.40. The molecule has 3 nitrogen and oxygen atoms in total. The molecule has 1 aliphatic heterocycles. The number of aliphatic carboxylic acids is 1. The third kappa shape index (κ3) is 2.38. The van der Waals surface area contributed by atoms with Crippen molar-refractivity contribution in [2.75, 3.05) is 0 Å². The maximum atomic E-state index is 11.3. The van der Waals surface area contributed by atoms with E-state index in [-0.39, 0.29) is 17.4 Å². The molecule has 0 amide bonds. The Morgan fingerprint density at radius 3 is 2.57 bits per heavy atom. The summed E-state index contributed by atoms with van der Waals surface area (Å²) >= 11 is 0. The zero-order valence-corrected chi connectivity index (χ0v) is 15.4. The van der Waals surface area contributed by atoms with E-state index < -0.39 is 11.6 Å². The van der Waals surface area contributed by atoms with Gasteiger partial charge in [0.1, 0.15) is 0 Å². The Balaban J connectivity index is 2.02. The van der Waals surface area contributed by atoms with Crippen LogP contribution < -0.4 is 0 Å². The van der Waals surface area contributed by atoms with Gasteiger partial charge in [-0.25, -0.2) is 0 Å². The topological polar surface area (TPSA) is 46.5 Å². The van der Waals surface area contributed by atoms with Gasteiger partial charge in [-0.15, -0.1) is 0 Å². The van der Waals surface area contributed by atoms with Crippen molar-refractivity contribution in [1.82, 2.24) is 0 Å². The highest BCUT2D eigenvalue weighted by Crippen LogP contribution is 2.66. The fourth-order valence-corrected chi connectivity index (χ4v) is 6.18. The summed E-state index contributed by atoms with van der Waals surface area (Å²) in [5, 5.41) is 9.28. The summed E-state index contributed by atoms with van der Waals surface area (Å²) in [6, 6.07) is 0. The molecular weight excluding hydrogens is 288 g/mol. The van der Waals surface area contributed by atoms with Gasteiger partial charge in [-0.05, 0) is 62.9 Å². The Kier molecular flexibility index (Phi) is 3.76. The number of carboxylic acids is 1. The predicted molar refractivity (Wildman–Crippen MR) is 91.3 cm³/mol. The molecule has 3 rings (SSSR count). The maximum Gasteiger partial charge on any atom is 0.306 e. The highest BCUT2D eigenvalue weighted by Gasteiger charge is 2.64. The molecule has 1 spiro atoms. The average molecular weight is 320 g/mol. The second-order valence-electron chi connectivity index (χ2n) is 9.38. The van der Waals surface area contributed by atoms with E-state index in [1.165, 1.54) is 24.8 Å². The van der Waals surface area contributed by atoms with Crippen LogP contribution in [0.15, 0.2) is 11.6 Å². The maximum absolute atomic E-state index is 11.3. The zero-order valence-electron chi connectivity index (χ0n) is 15.4. The predicted octanol–water partition coefficient (Wildman–Crippen LogP) is 4.95. The molecular formula is C20H32O3. The van der Waals surface area contributed by atoms with Crippen LogP contribution in [-0.2, 0) is 9.53 Å². The third-order valence-electron chi connectivity index (χ3n) is 7.40. The monoisotopic (exact) mass is 320 g/mol. The van der Waals surface area contributed by atoms with Crippen molar-refractivity contribution >= 4 is 5.97 Å². The summed E-state index contributed by atoms with van der Waals surface area (Å²) in [6.07, 6.45) is 9.13. The molecule has 4 unspecified atom stereocenters. The number of hydrogen-bond donors (Lipinski definition) is 1. The first-order valence-corrected chi connectivity index (χ1v) is 9.14. The highest BCUT2D eigenvalue weighted by atomic mass is 16.5. The van der Waals surface area contributed by atoms with Crippen molar-refractivity contribution in [3.63, 3.8) is 0 Å². The van der Waals surface area contributed by atoms with Crippen molar-refractivity contribution in [3.05, 3.63) is 11.6 Å². The van der Waals surface area contributed by atoms with E-state index >= 15 is 0 Å². The largest absolute Gasteiger partial charge is 0.481 e. The summed E-state index contributed by atoms with van der Waals surface area (Å²) in [5.41, 5.74) is 0.976. The molecule has 23 heavy (non-hydrogen) atoms. The summed E-state index contributed by atoms with van der Waals surface area (Å²) in [6.45, 7) is 11.4. The normalized spacial score (nSPS) is 45.6. The minimum Gasteiger partial charge on any atom is -0.481 e. The number of ether oxygens (including phenoxy) is 1. The molecule has 3 heteroatoms. The molecule has 1 saturated heterocycles. The quantitative estimate of drug-likeness (QED) is 0.732. The van der Waals surface area contributed by atoms with Crippen LogP contribution in [-0.4, -0.2) is 22.3 Å². The number of hydrogen-bond acceptors (Lipinski definition) is 2. The standard InChI is InChI=1S/C20H32O3/c1-14-7-8-15-17(2,3)9-6-10-19(15,5)20(14)12-11-18(4,23-20)13-16(21)22/h7,15H,6,8-13H2,1-5H3,(H,21,22). The van der Waals surface area contributed by atoms with E-state index in [1.54, 1.807) is 0 Å². The molecule has 0 bridgehead atoms. The van der Waals surface area contributed by atoms with Crippen LogP contribution in [0.4, 0.5) is 0 Å². The van der Waals surface area contributed by atoms with Gasteiger partial charge in [-0.3, -0.25) is 4.79 Å². The molecule has 0 aromatic rings. The zero-order chi connectivity index (χ0) is 17.1. The molecule has 130 valence electrons. The Bertz CT molecular complexity index is 549. The fourth-order valence-electron chi connectivity index (χ4n) is 6.18. The van der Waals surface area contributed by atoms with Crippen molar-refractivity contribution < 1.29 is 14.6 Å². The van der Waals surface area contributed by atoms with Gasteiger partial charge < -0.3 is 9.84 Å². The first-order chi connectivity index (χ1) is 10.5. The lowest BCUT2D eigenvalue weighted by Crippen LogP contribution is -2.59. The molecule has 2 fully saturated rings. The van der Waals surface area contributed by atoms with E-state index in [0.29, 0.717) is 11.3 Å². The van der Waals surface area contributed by atoms with Gasteiger partial charge in [0.15, 0.2) is 0 Å². The summed E-state index contributed by atoms with van der Waals surface area (Å²) < 4.78 is 6.72. The first-order valence-electron chi connectivity index (χ1n) is 9.14. The van der Waals surface area contributed by atoms with Crippen LogP contribution in [0, 0.1) is 16.7 Å². The van der Waals surface area contributed by atoms with Crippen molar-refractivity contribution in [2.45, 2.75) is 90.8 Å². The lowest BCUT2D eigenvalue weighted by atomic mass is 9.46. The van der Waals surface area contributed by atoms with Gasteiger partial charge in [-0.1, -0.05) is 33.3 Å². The van der Waals surface area contributed by atoms with Gasteiger partial charge in [0.25, 0.3) is 0 Å². The number of carboxylic acid groups (broad SMARTS) is 1. The molecule has 0 aromatic carbocycles. The van der Waals surface area contributed by atoms with E-state index in [4.69, 9.17) is 4.74 Å². The van der Waals surface area contributed by atoms with Crippen LogP contribution >= 0.6 is 0 Å². The van der Waals surface area contributed by atoms with Gasteiger partial charge in [0, 0.05) is 5.41 Å². The SMILES string of the molecule is CC1=CCC2C(C)(C)CCCC2(C)C12CCC(C)(CC(=O)O)O2. The molecule has 1 saturated carbocycles. The number of fused-ring (bicyclic) bond motifs is 2. The molecule has 2 aliphatic carbocycles. The van der Waals surface area contributed by atoms with Crippen LogP contribution in [0.2, 0.25) is 0 Å². The van der Waals surface area contributed by atoms with Gasteiger partial charge in [-0.2, -0.15) is 0 Å². The van der Waals surface area contributed by atoms with Crippen LogP contribution in [0.3, 0.4) is 0 Å². The first kappa shape index (κ1) is 17.0. The Hall–Kier alpha value is -0.830. The van der Waals surface area contributed by atoms with Crippen molar-refractivity contribution in [3.8, 4) is 0 Å². The molecule has 0 radical (unpaired) electrons. The summed E-state index contributed by atoms with van der Waals surface area (Å²) in [5.74, 6) is -0.146.